The lowest BCUT2D eigenvalue weighted by atomic mass is 10.4. The molecule has 0 spiro atoms. The Kier molecular flexibility index (Phi) is 2.93. The summed E-state index contributed by atoms with van der Waals surface area (Å²) in [6, 6.07) is 3.87. The predicted octanol–water partition coefficient (Wildman–Crippen LogP) is 2.10. The summed E-state index contributed by atoms with van der Waals surface area (Å²) in [7, 11) is 0. The van der Waals surface area contributed by atoms with Crippen LogP contribution in [0.5, 0.6) is 6.01 Å². The number of furan rings is 1. The van der Waals surface area contributed by atoms with Gasteiger partial charge in [-0.3, -0.25) is 5.10 Å². The standard InChI is InChI=1S/C12H11N5O2/c1-2-18-12-15-10(9-7-14-17-11(9)16-12)13-6-8-4-3-5-19-8/h3-7H,2H2,1H3,(H,14,15,16,17). The van der Waals surface area contributed by atoms with Gasteiger partial charge in [0, 0.05) is 0 Å². The average Bonchev–Trinajstić information content (AvgIpc) is 3.07. The first-order valence-electron chi connectivity index (χ1n) is 5.78. The summed E-state index contributed by atoms with van der Waals surface area (Å²) >= 11 is 0. The number of hydrogen-bond donors (Lipinski definition) is 1. The highest BCUT2D eigenvalue weighted by atomic mass is 16.5. The molecule has 0 atom stereocenters. The van der Waals surface area contributed by atoms with Gasteiger partial charge < -0.3 is 9.15 Å². The van der Waals surface area contributed by atoms with Gasteiger partial charge in [-0.1, -0.05) is 0 Å². The first kappa shape index (κ1) is 11.4. The molecule has 7 heteroatoms. The van der Waals surface area contributed by atoms with Gasteiger partial charge in [0.25, 0.3) is 0 Å². The molecule has 3 rings (SSSR count). The lowest BCUT2D eigenvalue weighted by molar-refractivity contribution is 0.314. The van der Waals surface area contributed by atoms with Crippen LogP contribution in [0.3, 0.4) is 0 Å². The summed E-state index contributed by atoms with van der Waals surface area (Å²) < 4.78 is 10.5. The molecule has 7 nitrogen and oxygen atoms in total. The van der Waals surface area contributed by atoms with Gasteiger partial charge in [-0.25, -0.2) is 4.99 Å². The predicted molar refractivity (Wildman–Crippen MR) is 68.8 cm³/mol. The summed E-state index contributed by atoms with van der Waals surface area (Å²) in [5.74, 6) is 1.13. The van der Waals surface area contributed by atoms with Crippen molar-refractivity contribution in [2.24, 2.45) is 4.99 Å². The summed E-state index contributed by atoms with van der Waals surface area (Å²) in [5, 5.41) is 7.43. The second-order valence-corrected chi connectivity index (χ2v) is 3.67. The van der Waals surface area contributed by atoms with Crippen LogP contribution in [0.2, 0.25) is 0 Å². The molecule has 19 heavy (non-hydrogen) atoms. The van der Waals surface area contributed by atoms with Crippen LogP contribution in [0.15, 0.2) is 34.0 Å². The van der Waals surface area contributed by atoms with Gasteiger partial charge in [-0.15, -0.1) is 0 Å². The SMILES string of the molecule is CCOc1nc(N=Cc2ccco2)c2cn[nH]c2n1. The molecule has 0 unspecified atom stereocenters. The molecule has 0 aromatic carbocycles. The molecule has 0 bridgehead atoms. The molecule has 0 aliphatic carbocycles. The van der Waals surface area contributed by atoms with Gasteiger partial charge >= 0.3 is 6.01 Å². The monoisotopic (exact) mass is 257 g/mol. The van der Waals surface area contributed by atoms with Crippen LogP contribution < -0.4 is 4.74 Å². The molecule has 0 radical (unpaired) electrons. The van der Waals surface area contributed by atoms with E-state index in [-0.39, 0.29) is 6.01 Å². The number of aliphatic imine (C=N–C) groups is 1. The molecule has 96 valence electrons. The first-order chi connectivity index (χ1) is 9.36. The number of hydrogen-bond acceptors (Lipinski definition) is 6. The third kappa shape index (κ3) is 2.30. The number of fused-ring (bicyclic) bond motifs is 1. The zero-order chi connectivity index (χ0) is 13.1. The summed E-state index contributed by atoms with van der Waals surface area (Å²) in [6.45, 7) is 2.35. The van der Waals surface area contributed by atoms with E-state index in [1.54, 1.807) is 30.8 Å². The van der Waals surface area contributed by atoms with Crippen LogP contribution >= 0.6 is 0 Å². The lowest BCUT2D eigenvalue weighted by Gasteiger charge is -2.01. The van der Waals surface area contributed by atoms with E-state index in [2.05, 4.69) is 25.2 Å². The number of nitrogens with one attached hydrogen (secondary N) is 1. The van der Waals surface area contributed by atoms with Gasteiger partial charge in [0.2, 0.25) is 0 Å². The van der Waals surface area contributed by atoms with E-state index in [0.29, 0.717) is 23.8 Å². The number of nitrogens with zero attached hydrogens (tertiary/aromatic N) is 4. The van der Waals surface area contributed by atoms with Crippen molar-refractivity contribution in [3.8, 4) is 6.01 Å². The molecule has 0 aliphatic rings. The van der Waals surface area contributed by atoms with Crippen LogP contribution in [0.25, 0.3) is 11.0 Å². The van der Waals surface area contributed by atoms with Crippen LogP contribution in [-0.2, 0) is 0 Å². The van der Waals surface area contributed by atoms with Crippen molar-refractivity contribution in [1.29, 1.82) is 0 Å². The highest BCUT2D eigenvalue weighted by Gasteiger charge is 2.09. The lowest BCUT2D eigenvalue weighted by Crippen LogP contribution is -1.97. The minimum Gasteiger partial charge on any atom is -0.464 e. The number of ether oxygens (including phenoxy) is 1. The van der Waals surface area contributed by atoms with E-state index in [0.717, 1.165) is 5.39 Å². The largest absolute Gasteiger partial charge is 0.464 e. The van der Waals surface area contributed by atoms with Crippen LogP contribution in [0.1, 0.15) is 12.7 Å². The van der Waals surface area contributed by atoms with Gasteiger partial charge in [-0.05, 0) is 19.1 Å². The molecule has 3 aromatic rings. The fourth-order valence-electron chi connectivity index (χ4n) is 1.58. The maximum Gasteiger partial charge on any atom is 0.320 e. The summed E-state index contributed by atoms with van der Waals surface area (Å²) in [6.07, 6.45) is 4.80. The van der Waals surface area contributed by atoms with Crippen LogP contribution in [-0.4, -0.2) is 33.0 Å². The second-order valence-electron chi connectivity index (χ2n) is 3.67. The minimum absolute atomic E-state index is 0.269. The van der Waals surface area contributed by atoms with Gasteiger partial charge in [-0.2, -0.15) is 15.1 Å². The van der Waals surface area contributed by atoms with Gasteiger partial charge in [0.05, 0.1) is 30.7 Å². The molecule has 0 saturated carbocycles. The molecule has 0 aliphatic heterocycles. The molecular weight excluding hydrogens is 246 g/mol. The topological polar surface area (TPSA) is 89.2 Å². The third-order valence-electron chi connectivity index (χ3n) is 2.40. The van der Waals surface area contributed by atoms with Crippen molar-refractivity contribution in [3.63, 3.8) is 0 Å². The van der Waals surface area contributed by atoms with Crippen LogP contribution in [0, 0.1) is 0 Å². The molecule has 0 fully saturated rings. The Morgan fingerprint density at radius 3 is 3.21 bits per heavy atom. The van der Waals surface area contributed by atoms with Crippen molar-refractivity contribution in [3.05, 3.63) is 30.4 Å². The number of rotatable bonds is 4. The molecule has 0 saturated heterocycles. The number of aromatic nitrogens is 4. The summed E-state index contributed by atoms with van der Waals surface area (Å²) in [5.41, 5.74) is 0.588. The van der Waals surface area contributed by atoms with Crippen molar-refractivity contribution in [1.82, 2.24) is 20.2 Å². The van der Waals surface area contributed by atoms with Gasteiger partial charge in [0.15, 0.2) is 11.5 Å². The van der Waals surface area contributed by atoms with Gasteiger partial charge in [0.1, 0.15) is 5.76 Å². The van der Waals surface area contributed by atoms with Crippen molar-refractivity contribution in [2.45, 2.75) is 6.92 Å². The molecule has 3 aromatic heterocycles. The van der Waals surface area contributed by atoms with Crippen molar-refractivity contribution >= 4 is 23.1 Å². The Morgan fingerprint density at radius 2 is 2.42 bits per heavy atom. The normalized spacial score (nSPS) is 11.4. The van der Waals surface area contributed by atoms with Crippen LogP contribution in [0.4, 0.5) is 5.82 Å². The molecule has 0 amide bonds. The van der Waals surface area contributed by atoms with E-state index in [9.17, 15) is 0 Å². The first-order valence-corrected chi connectivity index (χ1v) is 5.78. The maximum absolute atomic E-state index is 5.29. The van der Waals surface area contributed by atoms with E-state index in [4.69, 9.17) is 9.15 Å². The summed E-state index contributed by atoms with van der Waals surface area (Å²) in [4.78, 5) is 12.7. The third-order valence-corrected chi connectivity index (χ3v) is 2.40. The van der Waals surface area contributed by atoms with Crippen molar-refractivity contribution < 1.29 is 9.15 Å². The number of H-pyrrole nitrogens is 1. The zero-order valence-electron chi connectivity index (χ0n) is 10.2. The highest BCUT2D eigenvalue weighted by molar-refractivity contribution is 5.88. The Bertz CT molecular complexity index is 702. The van der Waals surface area contributed by atoms with E-state index >= 15 is 0 Å². The zero-order valence-corrected chi connectivity index (χ0v) is 10.2. The quantitative estimate of drug-likeness (QED) is 0.723. The van der Waals surface area contributed by atoms with E-state index < -0.39 is 0 Å². The van der Waals surface area contributed by atoms with E-state index in [1.165, 1.54) is 0 Å². The van der Waals surface area contributed by atoms with E-state index in [1.807, 2.05) is 6.92 Å². The molecule has 1 N–H and O–H groups in total. The smallest absolute Gasteiger partial charge is 0.320 e. The fraction of sp³-hybridized carbons (Fsp3) is 0.167. The minimum atomic E-state index is 0.269. The van der Waals surface area contributed by atoms with Crippen molar-refractivity contribution in [2.75, 3.05) is 6.61 Å². The Labute approximate surface area is 108 Å². The molecular formula is C12H11N5O2. The Morgan fingerprint density at radius 1 is 1.47 bits per heavy atom. The Hall–Kier alpha value is -2.70. The maximum atomic E-state index is 5.29. The number of aromatic amines is 1. The highest BCUT2D eigenvalue weighted by Crippen LogP contribution is 2.23. The second kappa shape index (κ2) is 4.89. The Balaban J connectivity index is 2.03. The average molecular weight is 257 g/mol. The fourth-order valence-corrected chi connectivity index (χ4v) is 1.58. The molecule has 3 heterocycles.